The van der Waals surface area contributed by atoms with Crippen LogP contribution >= 0.6 is 22.9 Å². The van der Waals surface area contributed by atoms with Crippen molar-refractivity contribution in [2.24, 2.45) is 0 Å². The standard InChI is InChI=1S/C13H15ClN4OS/c1-3-15-12-4-9(10(14)5-16-12)13(19)17-6-11-8(2)18-7-20-11/h4-5,7H,3,6H2,1-2H3,(H,15,16)(H,17,19). The first-order chi connectivity index (χ1) is 9.61. The molecule has 7 heteroatoms. The maximum atomic E-state index is 12.2. The van der Waals surface area contributed by atoms with Crippen molar-refractivity contribution in [1.29, 1.82) is 0 Å². The Morgan fingerprint density at radius 1 is 1.45 bits per heavy atom. The van der Waals surface area contributed by atoms with Crippen LogP contribution in [-0.2, 0) is 6.54 Å². The van der Waals surface area contributed by atoms with Crippen molar-refractivity contribution in [3.05, 3.63) is 38.9 Å². The summed E-state index contributed by atoms with van der Waals surface area (Å²) in [5.74, 6) is 0.417. The minimum absolute atomic E-state index is 0.218. The molecule has 0 unspecified atom stereocenters. The van der Waals surface area contributed by atoms with Crippen LogP contribution in [0.25, 0.3) is 0 Å². The van der Waals surface area contributed by atoms with Crippen LogP contribution in [0.1, 0.15) is 27.9 Å². The zero-order chi connectivity index (χ0) is 14.5. The minimum Gasteiger partial charge on any atom is -0.370 e. The second kappa shape index (κ2) is 6.67. The Kier molecular flexibility index (Phi) is 4.92. The molecule has 2 heterocycles. The number of carbonyl (C=O) groups excluding carboxylic acids is 1. The molecule has 2 aromatic rings. The number of aromatic nitrogens is 2. The normalized spacial score (nSPS) is 10.3. The lowest BCUT2D eigenvalue weighted by Gasteiger charge is -2.08. The van der Waals surface area contributed by atoms with Crippen molar-refractivity contribution in [2.45, 2.75) is 20.4 Å². The molecule has 2 aromatic heterocycles. The van der Waals surface area contributed by atoms with Crippen LogP contribution in [0.2, 0.25) is 5.02 Å². The first-order valence-electron chi connectivity index (χ1n) is 6.18. The number of carbonyl (C=O) groups is 1. The summed E-state index contributed by atoms with van der Waals surface area (Å²) in [4.78, 5) is 21.4. The SMILES string of the molecule is CCNc1cc(C(=O)NCc2scnc2C)c(Cl)cn1. The van der Waals surface area contributed by atoms with Gasteiger partial charge in [0.05, 0.1) is 28.3 Å². The Balaban J connectivity index is 2.08. The third-order valence-electron chi connectivity index (χ3n) is 2.71. The average Bonchev–Trinajstić information content (AvgIpc) is 2.84. The largest absolute Gasteiger partial charge is 0.370 e. The first-order valence-corrected chi connectivity index (χ1v) is 7.44. The van der Waals surface area contributed by atoms with E-state index < -0.39 is 0 Å². The molecule has 0 saturated heterocycles. The first kappa shape index (κ1) is 14.7. The predicted octanol–water partition coefficient (Wildman–Crippen LogP) is 2.86. The zero-order valence-electron chi connectivity index (χ0n) is 11.2. The molecule has 1 amide bonds. The van der Waals surface area contributed by atoms with Crippen LogP contribution in [0.15, 0.2) is 17.8 Å². The smallest absolute Gasteiger partial charge is 0.253 e. The molecule has 0 spiro atoms. The molecule has 2 rings (SSSR count). The van der Waals surface area contributed by atoms with Crippen molar-refractivity contribution in [3.63, 3.8) is 0 Å². The fourth-order valence-electron chi connectivity index (χ4n) is 1.64. The third-order valence-corrected chi connectivity index (χ3v) is 3.95. The van der Waals surface area contributed by atoms with Crippen molar-refractivity contribution in [2.75, 3.05) is 11.9 Å². The molecule has 0 aliphatic heterocycles. The van der Waals surface area contributed by atoms with E-state index in [1.165, 1.54) is 17.5 Å². The highest BCUT2D eigenvalue weighted by molar-refractivity contribution is 7.09. The fourth-order valence-corrected chi connectivity index (χ4v) is 2.55. The number of amides is 1. The topological polar surface area (TPSA) is 66.9 Å². The van der Waals surface area contributed by atoms with Gasteiger partial charge in [-0.2, -0.15) is 0 Å². The Bertz CT molecular complexity index is 614. The van der Waals surface area contributed by atoms with Gasteiger partial charge in [-0.15, -0.1) is 11.3 Å². The summed E-state index contributed by atoms with van der Waals surface area (Å²) in [5.41, 5.74) is 3.11. The van der Waals surface area contributed by atoms with Gasteiger partial charge in [0.25, 0.3) is 5.91 Å². The highest BCUT2D eigenvalue weighted by atomic mass is 35.5. The van der Waals surface area contributed by atoms with E-state index >= 15 is 0 Å². The van der Waals surface area contributed by atoms with Crippen molar-refractivity contribution < 1.29 is 4.79 Å². The molecular formula is C13H15ClN4OS. The number of hydrogen-bond donors (Lipinski definition) is 2. The van der Waals surface area contributed by atoms with E-state index in [1.54, 1.807) is 11.6 Å². The predicted molar refractivity (Wildman–Crippen MR) is 81.4 cm³/mol. The highest BCUT2D eigenvalue weighted by Crippen LogP contribution is 2.18. The van der Waals surface area contributed by atoms with Crippen LogP contribution in [-0.4, -0.2) is 22.4 Å². The zero-order valence-corrected chi connectivity index (χ0v) is 12.8. The van der Waals surface area contributed by atoms with Gasteiger partial charge in [-0.3, -0.25) is 4.79 Å². The lowest BCUT2D eigenvalue weighted by molar-refractivity contribution is 0.0951. The van der Waals surface area contributed by atoms with E-state index in [4.69, 9.17) is 11.6 Å². The molecule has 2 N–H and O–H groups in total. The van der Waals surface area contributed by atoms with Crippen LogP contribution in [0.4, 0.5) is 5.82 Å². The van der Waals surface area contributed by atoms with E-state index in [2.05, 4.69) is 20.6 Å². The fraction of sp³-hybridized carbons (Fsp3) is 0.308. The number of rotatable bonds is 5. The second-order valence-corrected chi connectivity index (χ2v) is 5.47. The molecule has 5 nitrogen and oxygen atoms in total. The van der Waals surface area contributed by atoms with Gasteiger partial charge < -0.3 is 10.6 Å². The molecule has 0 aromatic carbocycles. The molecular weight excluding hydrogens is 296 g/mol. The quantitative estimate of drug-likeness (QED) is 0.891. The minimum atomic E-state index is -0.218. The number of aryl methyl sites for hydroxylation is 1. The molecule has 0 atom stereocenters. The van der Waals surface area contributed by atoms with E-state index in [1.807, 2.05) is 13.8 Å². The van der Waals surface area contributed by atoms with Gasteiger partial charge in [0, 0.05) is 17.6 Å². The van der Waals surface area contributed by atoms with Crippen molar-refractivity contribution >= 4 is 34.7 Å². The van der Waals surface area contributed by atoms with Gasteiger partial charge in [0.15, 0.2) is 0 Å². The summed E-state index contributed by atoms with van der Waals surface area (Å²) < 4.78 is 0. The number of thiazole rings is 1. The van der Waals surface area contributed by atoms with Gasteiger partial charge in [0.1, 0.15) is 5.82 Å². The summed E-state index contributed by atoms with van der Waals surface area (Å²) in [6, 6.07) is 1.65. The van der Waals surface area contributed by atoms with E-state index in [-0.39, 0.29) is 5.91 Å². The Hall–Kier alpha value is -1.66. The number of halogens is 1. The molecule has 106 valence electrons. The second-order valence-electron chi connectivity index (χ2n) is 4.12. The number of pyridine rings is 1. The summed E-state index contributed by atoms with van der Waals surface area (Å²) >= 11 is 7.54. The van der Waals surface area contributed by atoms with Crippen molar-refractivity contribution in [1.82, 2.24) is 15.3 Å². The molecule has 0 aliphatic rings. The van der Waals surface area contributed by atoms with Crippen LogP contribution in [0.3, 0.4) is 0 Å². The summed E-state index contributed by atoms with van der Waals surface area (Å²) in [6.45, 7) is 5.06. The Morgan fingerprint density at radius 2 is 2.25 bits per heavy atom. The molecule has 0 radical (unpaired) electrons. The number of nitrogens with one attached hydrogen (secondary N) is 2. The number of anilines is 1. The summed E-state index contributed by atoms with van der Waals surface area (Å²) in [6.07, 6.45) is 1.48. The molecule has 0 fully saturated rings. The monoisotopic (exact) mass is 310 g/mol. The molecule has 0 bridgehead atoms. The molecule has 20 heavy (non-hydrogen) atoms. The van der Waals surface area contributed by atoms with Gasteiger partial charge in [0.2, 0.25) is 0 Å². The maximum absolute atomic E-state index is 12.2. The third kappa shape index (κ3) is 3.46. The summed E-state index contributed by atoms with van der Waals surface area (Å²) in [5, 5.41) is 6.23. The Labute approximate surface area is 126 Å². The maximum Gasteiger partial charge on any atom is 0.253 e. The summed E-state index contributed by atoms with van der Waals surface area (Å²) in [7, 11) is 0. The molecule has 0 saturated carbocycles. The van der Waals surface area contributed by atoms with Gasteiger partial charge >= 0.3 is 0 Å². The van der Waals surface area contributed by atoms with E-state index in [9.17, 15) is 4.79 Å². The van der Waals surface area contributed by atoms with Gasteiger partial charge in [-0.25, -0.2) is 9.97 Å². The lowest BCUT2D eigenvalue weighted by atomic mass is 10.2. The van der Waals surface area contributed by atoms with Crippen molar-refractivity contribution in [3.8, 4) is 0 Å². The van der Waals surface area contributed by atoms with Gasteiger partial charge in [-0.1, -0.05) is 11.6 Å². The Morgan fingerprint density at radius 3 is 2.90 bits per heavy atom. The van der Waals surface area contributed by atoms with Gasteiger partial charge in [-0.05, 0) is 19.9 Å². The number of nitrogens with zero attached hydrogens (tertiary/aromatic N) is 2. The van der Waals surface area contributed by atoms with Crippen LogP contribution in [0.5, 0.6) is 0 Å². The van der Waals surface area contributed by atoms with Crippen LogP contribution < -0.4 is 10.6 Å². The number of hydrogen-bond acceptors (Lipinski definition) is 5. The average molecular weight is 311 g/mol. The lowest BCUT2D eigenvalue weighted by Crippen LogP contribution is -2.23. The van der Waals surface area contributed by atoms with E-state index in [0.29, 0.717) is 22.9 Å². The molecule has 0 aliphatic carbocycles. The van der Waals surface area contributed by atoms with Crippen LogP contribution in [0, 0.1) is 6.92 Å². The van der Waals surface area contributed by atoms with E-state index in [0.717, 1.165) is 17.1 Å². The highest BCUT2D eigenvalue weighted by Gasteiger charge is 2.12.